The van der Waals surface area contributed by atoms with Crippen molar-refractivity contribution in [1.82, 2.24) is 0 Å². The van der Waals surface area contributed by atoms with Gasteiger partial charge in [-0.2, -0.15) is 0 Å². The maximum atomic E-state index is 9.64. The molecular weight excluding hydrogens is 272 g/mol. The summed E-state index contributed by atoms with van der Waals surface area (Å²) in [4.78, 5) is 0. The molecule has 0 radical (unpaired) electrons. The molecule has 0 fully saturated rings. The number of fused-ring (bicyclic) bond motifs is 4. The van der Waals surface area contributed by atoms with E-state index in [-0.39, 0.29) is 11.5 Å². The number of phenols is 2. The number of phenolic OH excluding ortho intramolecular Hbond substituents is 2. The minimum atomic E-state index is 0.211. The summed E-state index contributed by atoms with van der Waals surface area (Å²) in [6, 6.07) is 12.7. The second-order valence-electron chi connectivity index (χ2n) is 5.15. The summed E-state index contributed by atoms with van der Waals surface area (Å²) in [7, 11) is 0. The fourth-order valence-electron chi connectivity index (χ4n) is 3.00. The smallest absolute Gasteiger partial charge is 0.116 e. The number of hydrogen-bond donors (Lipinski definition) is 2. The van der Waals surface area contributed by atoms with Crippen LogP contribution in [-0.2, 0) is 6.42 Å². The van der Waals surface area contributed by atoms with Crippen LogP contribution in [0.25, 0.3) is 21.9 Å². The van der Waals surface area contributed by atoms with Gasteiger partial charge in [0.25, 0.3) is 0 Å². The van der Waals surface area contributed by atoms with Crippen molar-refractivity contribution in [3.05, 3.63) is 58.6 Å². The summed E-state index contributed by atoms with van der Waals surface area (Å²) in [5.41, 5.74) is 4.32. The molecule has 0 saturated carbocycles. The van der Waals surface area contributed by atoms with Crippen LogP contribution in [0.1, 0.15) is 11.1 Å². The molecule has 0 amide bonds. The third-order valence-corrected chi connectivity index (χ3v) is 4.28. The Hall–Kier alpha value is -2.19. The number of aromatic hydroxyl groups is 2. The van der Waals surface area contributed by atoms with Crippen molar-refractivity contribution >= 4 is 22.4 Å². The van der Waals surface area contributed by atoms with Gasteiger partial charge in [0.2, 0.25) is 0 Å². The lowest BCUT2D eigenvalue weighted by molar-refractivity contribution is 0.474. The first-order chi connectivity index (χ1) is 9.63. The molecule has 2 N–H and O–H groups in total. The molecule has 1 aliphatic carbocycles. The molecule has 1 aliphatic rings. The van der Waals surface area contributed by atoms with Crippen molar-refractivity contribution in [2.75, 3.05) is 0 Å². The molecule has 0 unspecified atom stereocenters. The summed E-state index contributed by atoms with van der Waals surface area (Å²) in [6.07, 6.45) is 0.773. The monoisotopic (exact) mass is 282 g/mol. The Bertz CT molecular complexity index is 868. The van der Waals surface area contributed by atoms with Crippen molar-refractivity contribution < 1.29 is 10.2 Å². The predicted molar refractivity (Wildman–Crippen MR) is 80.5 cm³/mol. The van der Waals surface area contributed by atoms with Crippen LogP contribution in [0.3, 0.4) is 0 Å². The second-order valence-corrected chi connectivity index (χ2v) is 5.53. The minimum Gasteiger partial charge on any atom is -0.508 e. The highest BCUT2D eigenvalue weighted by Gasteiger charge is 2.23. The number of halogens is 1. The van der Waals surface area contributed by atoms with E-state index in [1.165, 1.54) is 0 Å². The Kier molecular flexibility index (Phi) is 2.27. The highest BCUT2D eigenvalue weighted by Crippen LogP contribution is 2.45. The molecular formula is C17H11ClO2. The second kappa shape index (κ2) is 3.90. The Labute approximate surface area is 120 Å². The van der Waals surface area contributed by atoms with Gasteiger partial charge >= 0.3 is 0 Å². The highest BCUT2D eigenvalue weighted by atomic mass is 35.5. The summed E-state index contributed by atoms with van der Waals surface area (Å²) in [5, 5.41) is 21.8. The van der Waals surface area contributed by atoms with Crippen molar-refractivity contribution in [2.24, 2.45) is 0 Å². The summed E-state index contributed by atoms with van der Waals surface area (Å²) in [5.74, 6) is 0.484. The largest absolute Gasteiger partial charge is 0.508 e. The number of hydrogen-bond acceptors (Lipinski definition) is 2. The Morgan fingerprint density at radius 3 is 2.45 bits per heavy atom. The Balaban J connectivity index is 2.08. The van der Waals surface area contributed by atoms with E-state index in [1.807, 2.05) is 12.1 Å². The lowest BCUT2D eigenvalue weighted by Crippen LogP contribution is -1.84. The van der Waals surface area contributed by atoms with Gasteiger partial charge in [-0.25, -0.2) is 0 Å². The zero-order valence-electron chi connectivity index (χ0n) is 10.5. The van der Waals surface area contributed by atoms with Crippen molar-refractivity contribution in [3.8, 4) is 22.6 Å². The van der Waals surface area contributed by atoms with E-state index in [1.54, 1.807) is 24.3 Å². The Morgan fingerprint density at radius 1 is 0.850 bits per heavy atom. The predicted octanol–water partition coefficient (Wildman–Crippen LogP) is 4.48. The van der Waals surface area contributed by atoms with Gasteiger partial charge in [0, 0.05) is 10.9 Å². The molecule has 3 heteroatoms. The summed E-state index contributed by atoms with van der Waals surface area (Å²) < 4.78 is 0. The maximum Gasteiger partial charge on any atom is 0.116 e. The maximum absolute atomic E-state index is 9.64. The molecule has 0 bridgehead atoms. The van der Waals surface area contributed by atoms with Gasteiger partial charge in [-0.05, 0) is 52.8 Å². The van der Waals surface area contributed by atoms with E-state index in [2.05, 4.69) is 6.07 Å². The molecule has 0 saturated heterocycles. The van der Waals surface area contributed by atoms with Crippen molar-refractivity contribution in [3.63, 3.8) is 0 Å². The van der Waals surface area contributed by atoms with E-state index < -0.39 is 0 Å². The van der Waals surface area contributed by atoms with Crippen LogP contribution in [0, 0.1) is 0 Å². The van der Waals surface area contributed by atoms with Gasteiger partial charge in [-0.15, -0.1) is 0 Å². The molecule has 0 spiro atoms. The first-order valence-electron chi connectivity index (χ1n) is 6.40. The number of rotatable bonds is 0. The third-order valence-electron chi connectivity index (χ3n) is 3.88. The van der Waals surface area contributed by atoms with Gasteiger partial charge < -0.3 is 10.2 Å². The fourth-order valence-corrected chi connectivity index (χ4v) is 3.39. The van der Waals surface area contributed by atoms with Crippen LogP contribution in [0.15, 0.2) is 42.5 Å². The van der Waals surface area contributed by atoms with Crippen LogP contribution in [0.2, 0.25) is 5.02 Å². The SMILES string of the molecule is Oc1ccc2c(c1)Cc1cc3ccc(O)cc3c(Cl)c1-2. The molecule has 0 atom stereocenters. The first kappa shape index (κ1) is 11.6. The molecule has 0 aromatic heterocycles. The molecule has 4 rings (SSSR count). The number of benzene rings is 3. The van der Waals surface area contributed by atoms with Gasteiger partial charge in [-0.3, -0.25) is 0 Å². The Morgan fingerprint density at radius 2 is 1.60 bits per heavy atom. The van der Waals surface area contributed by atoms with E-state index in [4.69, 9.17) is 11.6 Å². The zero-order valence-corrected chi connectivity index (χ0v) is 11.3. The molecule has 98 valence electrons. The topological polar surface area (TPSA) is 40.5 Å². The molecule has 3 aromatic carbocycles. The summed E-state index contributed by atoms with van der Waals surface area (Å²) >= 11 is 6.55. The van der Waals surface area contributed by atoms with E-state index in [9.17, 15) is 10.2 Å². The summed E-state index contributed by atoms with van der Waals surface area (Å²) in [6.45, 7) is 0. The van der Waals surface area contributed by atoms with E-state index in [0.717, 1.165) is 39.4 Å². The van der Waals surface area contributed by atoms with Crippen LogP contribution in [-0.4, -0.2) is 10.2 Å². The van der Waals surface area contributed by atoms with Crippen LogP contribution in [0.4, 0.5) is 0 Å². The van der Waals surface area contributed by atoms with Crippen LogP contribution < -0.4 is 0 Å². The van der Waals surface area contributed by atoms with Gasteiger partial charge in [0.05, 0.1) is 5.02 Å². The normalized spacial score (nSPS) is 12.4. The minimum absolute atomic E-state index is 0.211. The molecule has 20 heavy (non-hydrogen) atoms. The zero-order chi connectivity index (χ0) is 13.9. The molecule has 0 aliphatic heterocycles. The van der Waals surface area contributed by atoms with E-state index >= 15 is 0 Å². The lowest BCUT2D eigenvalue weighted by Gasteiger charge is -2.09. The van der Waals surface area contributed by atoms with Gasteiger partial charge in [-0.1, -0.05) is 29.8 Å². The fraction of sp³-hybridized carbons (Fsp3) is 0.0588. The van der Waals surface area contributed by atoms with E-state index in [0.29, 0.717) is 5.02 Å². The quantitative estimate of drug-likeness (QED) is 0.499. The standard InChI is InChI=1S/C17H11ClO2/c18-17-15-8-13(20)2-1-9(15)5-11-6-10-7-12(19)3-4-14(10)16(11)17/h1-5,7-8,19-20H,6H2. The van der Waals surface area contributed by atoms with Crippen LogP contribution in [0.5, 0.6) is 11.5 Å². The van der Waals surface area contributed by atoms with Crippen LogP contribution >= 0.6 is 11.6 Å². The lowest BCUT2D eigenvalue weighted by atomic mass is 10.00. The van der Waals surface area contributed by atoms with Crippen molar-refractivity contribution in [1.29, 1.82) is 0 Å². The van der Waals surface area contributed by atoms with Crippen molar-refractivity contribution in [2.45, 2.75) is 6.42 Å². The average molecular weight is 283 g/mol. The van der Waals surface area contributed by atoms with Gasteiger partial charge in [0.1, 0.15) is 11.5 Å². The molecule has 2 nitrogen and oxygen atoms in total. The third kappa shape index (κ3) is 1.52. The molecule has 3 aromatic rings. The van der Waals surface area contributed by atoms with Gasteiger partial charge in [0.15, 0.2) is 0 Å². The first-order valence-corrected chi connectivity index (χ1v) is 6.77. The average Bonchev–Trinajstić information content (AvgIpc) is 2.77. The molecule has 0 heterocycles. The highest BCUT2D eigenvalue weighted by molar-refractivity contribution is 6.39.